The van der Waals surface area contributed by atoms with E-state index in [1.54, 1.807) is 0 Å². The van der Waals surface area contributed by atoms with Crippen molar-refractivity contribution < 1.29 is 14.7 Å². The summed E-state index contributed by atoms with van der Waals surface area (Å²) < 4.78 is 0. The molecule has 2 atom stereocenters. The van der Waals surface area contributed by atoms with Crippen LogP contribution in [-0.4, -0.2) is 66.7 Å². The van der Waals surface area contributed by atoms with Crippen LogP contribution in [0.25, 0.3) is 0 Å². The molecule has 1 aliphatic heterocycles. The Bertz CT molecular complexity index is 334. The first kappa shape index (κ1) is 16.8. The molecule has 0 aromatic carbocycles. The number of carbonyl (C=O) groups is 2. The molecule has 1 aliphatic rings. The summed E-state index contributed by atoms with van der Waals surface area (Å²) in [4.78, 5) is 26.8. The number of carbonyl (C=O) groups excluding carboxylic acids is 1. The number of hydrogen-bond acceptors (Lipinski definition) is 3. The topological polar surface area (TPSA) is 72.9 Å². The second-order valence-electron chi connectivity index (χ2n) is 5.76. The Labute approximate surface area is 121 Å². The Morgan fingerprint density at radius 1 is 1.45 bits per heavy atom. The summed E-state index contributed by atoms with van der Waals surface area (Å²) in [6, 6.07) is 0.343. The van der Waals surface area contributed by atoms with Gasteiger partial charge in [-0.3, -0.25) is 4.79 Å². The summed E-state index contributed by atoms with van der Waals surface area (Å²) in [5.41, 5.74) is 0. The van der Waals surface area contributed by atoms with E-state index in [0.29, 0.717) is 12.6 Å². The summed E-state index contributed by atoms with van der Waals surface area (Å²) >= 11 is 0. The number of amides is 2. The summed E-state index contributed by atoms with van der Waals surface area (Å²) in [5.74, 6) is -0.803. The van der Waals surface area contributed by atoms with E-state index in [9.17, 15) is 9.59 Å². The predicted molar refractivity (Wildman–Crippen MR) is 77.7 cm³/mol. The highest BCUT2D eigenvalue weighted by Gasteiger charge is 2.25. The van der Waals surface area contributed by atoms with Gasteiger partial charge in [-0.25, -0.2) is 4.79 Å². The van der Waals surface area contributed by atoms with Crippen molar-refractivity contribution in [2.45, 2.75) is 38.6 Å². The number of likely N-dealkylation sites (tertiary alicyclic amines) is 1. The van der Waals surface area contributed by atoms with Gasteiger partial charge in [0, 0.05) is 32.1 Å². The molecule has 0 aliphatic carbocycles. The fraction of sp³-hybridized carbons (Fsp3) is 0.857. The van der Waals surface area contributed by atoms with Crippen LogP contribution in [0.15, 0.2) is 0 Å². The molecule has 6 heteroatoms. The summed E-state index contributed by atoms with van der Waals surface area (Å²) in [7, 11) is 4.07. The van der Waals surface area contributed by atoms with Crippen LogP contribution >= 0.6 is 0 Å². The first-order chi connectivity index (χ1) is 9.43. The lowest BCUT2D eigenvalue weighted by Gasteiger charge is -2.36. The zero-order valence-corrected chi connectivity index (χ0v) is 12.8. The van der Waals surface area contributed by atoms with Gasteiger partial charge in [-0.15, -0.1) is 0 Å². The lowest BCUT2D eigenvalue weighted by Crippen LogP contribution is -2.51. The molecule has 1 rings (SSSR count). The van der Waals surface area contributed by atoms with Gasteiger partial charge < -0.3 is 20.2 Å². The molecule has 2 amide bonds. The maximum absolute atomic E-state index is 12.1. The van der Waals surface area contributed by atoms with Crippen molar-refractivity contribution in [3.8, 4) is 0 Å². The number of piperidine rings is 1. The van der Waals surface area contributed by atoms with Gasteiger partial charge in [0.2, 0.25) is 0 Å². The second kappa shape index (κ2) is 8.09. The second-order valence-corrected chi connectivity index (χ2v) is 5.76. The van der Waals surface area contributed by atoms with Crippen LogP contribution in [0.2, 0.25) is 0 Å². The molecule has 20 heavy (non-hydrogen) atoms. The molecule has 1 fully saturated rings. The van der Waals surface area contributed by atoms with Gasteiger partial charge >= 0.3 is 12.0 Å². The molecular weight excluding hydrogens is 258 g/mol. The molecule has 0 bridgehead atoms. The van der Waals surface area contributed by atoms with Crippen LogP contribution in [0, 0.1) is 5.92 Å². The van der Waals surface area contributed by atoms with E-state index in [0.717, 1.165) is 32.4 Å². The average molecular weight is 285 g/mol. The molecule has 1 heterocycles. The Balaban J connectivity index is 2.39. The van der Waals surface area contributed by atoms with Gasteiger partial charge in [0.1, 0.15) is 0 Å². The number of carboxylic acids is 1. The van der Waals surface area contributed by atoms with Gasteiger partial charge in [0.05, 0.1) is 0 Å². The first-order valence-electron chi connectivity index (χ1n) is 7.35. The number of rotatable bonds is 6. The van der Waals surface area contributed by atoms with Crippen molar-refractivity contribution in [1.29, 1.82) is 0 Å². The molecule has 6 nitrogen and oxygen atoms in total. The van der Waals surface area contributed by atoms with Crippen LogP contribution < -0.4 is 5.32 Å². The lowest BCUT2D eigenvalue weighted by atomic mass is 10.0. The maximum Gasteiger partial charge on any atom is 0.317 e. The SMILES string of the molecule is CCC(CNC(=O)N1CCCC(N(C)C)C1)CC(=O)O. The van der Waals surface area contributed by atoms with Crippen molar-refractivity contribution in [3.63, 3.8) is 0 Å². The van der Waals surface area contributed by atoms with E-state index in [4.69, 9.17) is 5.11 Å². The lowest BCUT2D eigenvalue weighted by molar-refractivity contribution is -0.138. The highest BCUT2D eigenvalue weighted by molar-refractivity contribution is 5.74. The molecule has 0 aromatic heterocycles. The smallest absolute Gasteiger partial charge is 0.317 e. The van der Waals surface area contributed by atoms with E-state index < -0.39 is 5.97 Å². The molecule has 1 saturated heterocycles. The molecule has 0 aromatic rings. The van der Waals surface area contributed by atoms with Crippen LogP contribution in [-0.2, 0) is 4.79 Å². The minimum absolute atomic E-state index is 0.00545. The van der Waals surface area contributed by atoms with Crippen molar-refractivity contribution in [2.24, 2.45) is 5.92 Å². The average Bonchev–Trinajstić information content (AvgIpc) is 2.42. The fourth-order valence-electron chi connectivity index (χ4n) is 2.51. The Hall–Kier alpha value is -1.30. The largest absolute Gasteiger partial charge is 0.481 e. The third-order valence-corrected chi connectivity index (χ3v) is 4.00. The number of urea groups is 1. The monoisotopic (exact) mass is 285 g/mol. The molecular formula is C14H27N3O3. The molecule has 116 valence electrons. The van der Waals surface area contributed by atoms with Gasteiger partial charge in [-0.1, -0.05) is 13.3 Å². The number of hydrogen-bond donors (Lipinski definition) is 2. The van der Waals surface area contributed by atoms with Crippen molar-refractivity contribution in [1.82, 2.24) is 15.1 Å². The van der Waals surface area contributed by atoms with Gasteiger partial charge in [-0.2, -0.15) is 0 Å². The Morgan fingerprint density at radius 3 is 2.70 bits per heavy atom. The maximum atomic E-state index is 12.1. The van der Waals surface area contributed by atoms with Crippen molar-refractivity contribution in [3.05, 3.63) is 0 Å². The zero-order valence-electron chi connectivity index (χ0n) is 12.8. The molecule has 0 saturated carbocycles. The van der Waals surface area contributed by atoms with Crippen molar-refractivity contribution in [2.75, 3.05) is 33.7 Å². The van der Waals surface area contributed by atoms with Gasteiger partial charge in [0.15, 0.2) is 0 Å². The summed E-state index contributed by atoms with van der Waals surface area (Å²) in [6.07, 6.45) is 3.00. The van der Waals surface area contributed by atoms with E-state index in [1.165, 1.54) is 0 Å². The van der Waals surface area contributed by atoms with E-state index in [2.05, 4.69) is 10.2 Å². The van der Waals surface area contributed by atoms with Gasteiger partial charge in [-0.05, 0) is 32.9 Å². The van der Waals surface area contributed by atoms with Crippen LogP contribution in [0.5, 0.6) is 0 Å². The molecule has 2 N–H and O–H groups in total. The summed E-state index contributed by atoms with van der Waals surface area (Å²) in [5, 5.41) is 11.7. The van der Waals surface area contributed by atoms with E-state index >= 15 is 0 Å². The predicted octanol–water partition coefficient (Wildman–Crippen LogP) is 1.22. The highest BCUT2D eigenvalue weighted by atomic mass is 16.4. The third-order valence-electron chi connectivity index (χ3n) is 4.00. The summed E-state index contributed by atoms with van der Waals surface area (Å²) in [6.45, 7) is 3.91. The zero-order chi connectivity index (χ0) is 15.1. The number of carboxylic acid groups (broad SMARTS) is 1. The van der Waals surface area contributed by atoms with Crippen LogP contribution in [0.4, 0.5) is 4.79 Å². The van der Waals surface area contributed by atoms with Crippen molar-refractivity contribution >= 4 is 12.0 Å². The minimum Gasteiger partial charge on any atom is -0.481 e. The number of nitrogens with one attached hydrogen (secondary N) is 1. The number of nitrogens with zero attached hydrogens (tertiary/aromatic N) is 2. The number of aliphatic carboxylic acids is 1. The Morgan fingerprint density at radius 2 is 2.15 bits per heavy atom. The fourth-order valence-corrected chi connectivity index (χ4v) is 2.51. The van der Waals surface area contributed by atoms with E-state index in [-0.39, 0.29) is 18.4 Å². The number of likely N-dealkylation sites (N-methyl/N-ethyl adjacent to an activating group) is 1. The molecule has 0 radical (unpaired) electrons. The quantitative estimate of drug-likeness (QED) is 0.769. The van der Waals surface area contributed by atoms with E-state index in [1.807, 2.05) is 25.9 Å². The van der Waals surface area contributed by atoms with Gasteiger partial charge in [0.25, 0.3) is 0 Å². The van der Waals surface area contributed by atoms with Crippen LogP contribution in [0.1, 0.15) is 32.6 Å². The first-order valence-corrected chi connectivity index (χ1v) is 7.35. The normalized spacial score (nSPS) is 20.8. The minimum atomic E-state index is -0.809. The standard InChI is InChI=1S/C14H27N3O3/c1-4-11(8-13(18)19)9-15-14(20)17-7-5-6-12(10-17)16(2)3/h11-12H,4-10H2,1-3H3,(H,15,20)(H,18,19). The Kier molecular flexibility index (Phi) is 6.78. The molecule has 2 unspecified atom stereocenters. The highest BCUT2D eigenvalue weighted by Crippen LogP contribution is 2.14. The third kappa shape index (κ3) is 5.36. The molecule has 0 spiro atoms. The van der Waals surface area contributed by atoms with Crippen LogP contribution in [0.3, 0.4) is 0 Å².